The number of carbonyl (C=O) groups is 1. The third-order valence-corrected chi connectivity index (χ3v) is 3.42. The van der Waals surface area contributed by atoms with Crippen molar-refractivity contribution in [2.45, 2.75) is 44.4 Å². The van der Waals surface area contributed by atoms with E-state index in [9.17, 15) is 4.79 Å². The van der Waals surface area contributed by atoms with Crippen molar-refractivity contribution >= 4 is 5.97 Å². The van der Waals surface area contributed by atoms with Crippen LogP contribution in [0.2, 0.25) is 0 Å². The molecule has 6 nitrogen and oxygen atoms in total. The summed E-state index contributed by atoms with van der Waals surface area (Å²) in [6.45, 7) is 2.22. The van der Waals surface area contributed by atoms with E-state index >= 15 is 0 Å². The van der Waals surface area contributed by atoms with Gasteiger partial charge in [-0.2, -0.15) is 0 Å². The van der Waals surface area contributed by atoms with Gasteiger partial charge in [-0.1, -0.05) is 19.3 Å². The van der Waals surface area contributed by atoms with Crippen LogP contribution in [-0.4, -0.2) is 32.8 Å². The fourth-order valence-corrected chi connectivity index (χ4v) is 2.58. The summed E-state index contributed by atoms with van der Waals surface area (Å²) >= 11 is 0. The molecule has 94 valence electrons. The second-order valence-electron chi connectivity index (χ2n) is 4.49. The zero-order valence-electron chi connectivity index (χ0n) is 10.3. The highest BCUT2D eigenvalue weighted by molar-refractivity contribution is 5.82. The zero-order chi connectivity index (χ0) is 12.3. The van der Waals surface area contributed by atoms with E-state index in [0.29, 0.717) is 12.4 Å². The quantitative estimate of drug-likeness (QED) is 0.734. The minimum atomic E-state index is -0.632. The lowest BCUT2D eigenvalue weighted by Gasteiger charge is -2.32. The minimum Gasteiger partial charge on any atom is -0.465 e. The van der Waals surface area contributed by atoms with Gasteiger partial charge in [0.25, 0.3) is 0 Å². The molecule has 0 atom stereocenters. The van der Waals surface area contributed by atoms with Crippen molar-refractivity contribution in [2.75, 3.05) is 6.61 Å². The average molecular weight is 238 g/mol. The number of carbonyl (C=O) groups excluding carboxylic acids is 1. The van der Waals surface area contributed by atoms with Crippen molar-refractivity contribution in [1.82, 2.24) is 20.2 Å². The summed E-state index contributed by atoms with van der Waals surface area (Å²) in [6.07, 6.45) is 4.75. The summed E-state index contributed by atoms with van der Waals surface area (Å²) in [5, 5.41) is 11.5. The summed E-state index contributed by atoms with van der Waals surface area (Å²) < 4.78 is 6.80. The summed E-state index contributed by atoms with van der Waals surface area (Å²) in [5.74, 6) is 0.452. The first kappa shape index (κ1) is 12.0. The van der Waals surface area contributed by atoms with Crippen LogP contribution >= 0.6 is 0 Å². The normalized spacial score (nSPS) is 18.9. The summed E-state index contributed by atoms with van der Waals surface area (Å²) in [4.78, 5) is 12.2. The molecule has 1 fully saturated rings. The van der Waals surface area contributed by atoms with Crippen LogP contribution in [0.1, 0.15) is 44.9 Å². The van der Waals surface area contributed by atoms with Crippen molar-refractivity contribution in [1.29, 1.82) is 0 Å². The molecule has 0 spiro atoms. The molecule has 17 heavy (non-hydrogen) atoms. The number of esters is 1. The largest absolute Gasteiger partial charge is 0.465 e. The van der Waals surface area contributed by atoms with E-state index in [0.717, 1.165) is 32.1 Å². The Morgan fingerprint density at radius 2 is 2.12 bits per heavy atom. The number of aromatic nitrogens is 4. The fraction of sp³-hybridized carbons (Fsp3) is 0.818. The van der Waals surface area contributed by atoms with Gasteiger partial charge in [-0.25, -0.2) is 4.68 Å². The molecule has 0 N–H and O–H groups in total. The molecule has 0 saturated heterocycles. The summed E-state index contributed by atoms with van der Waals surface area (Å²) in [7, 11) is 1.77. The maximum atomic E-state index is 12.2. The first-order valence-corrected chi connectivity index (χ1v) is 6.11. The Morgan fingerprint density at radius 3 is 2.65 bits per heavy atom. The predicted molar refractivity (Wildman–Crippen MR) is 60.2 cm³/mol. The first-order valence-electron chi connectivity index (χ1n) is 6.11. The van der Waals surface area contributed by atoms with Crippen LogP contribution in [0.25, 0.3) is 0 Å². The molecule has 1 aliphatic carbocycles. The lowest BCUT2D eigenvalue weighted by atomic mass is 9.73. The first-order chi connectivity index (χ1) is 8.20. The molecule has 2 rings (SSSR count). The van der Waals surface area contributed by atoms with Gasteiger partial charge in [0.2, 0.25) is 0 Å². The molecular formula is C11H18N4O2. The standard InChI is InChI=1S/C11H18N4O2/c1-3-17-10(16)11(7-5-4-6-8-11)9-12-13-14-15(9)2/h3-8H2,1-2H3. The third-order valence-electron chi connectivity index (χ3n) is 3.42. The molecule has 0 aliphatic heterocycles. The molecule has 0 bridgehead atoms. The molecular weight excluding hydrogens is 220 g/mol. The zero-order valence-corrected chi connectivity index (χ0v) is 10.3. The fourth-order valence-electron chi connectivity index (χ4n) is 2.58. The number of hydrogen-bond acceptors (Lipinski definition) is 5. The van der Waals surface area contributed by atoms with Gasteiger partial charge in [-0.3, -0.25) is 4.79 Å². The minimum absolute atomic E-state index is 0.183. The number of tetrazole rings is 1. The monoisotopic (exact) mass is 238 g/mol. The molecule has 1 aromatic heterocycles. The molecule has 0 aromatic carbocycles. The van der Waals surface area contributed by atoms with Crippen LogP contribution in [-0.2, 0) is 22.0 Å². The number of aryl methyl sites for hydroxylation is 1. The van der Waals surface area contributed by atoms with Gasteiger partial charge >= 0.3 is 5.97 Å². The third kappa shape index (κ3) is 2.03. The van der Waals surface area contributed by atoms with Crippen LogP contribution < -0.4 is 0 Å². The van der Waals surface area contributed by atoms with Crippen LogP contribution in [0.4, 0.5) is 0 Å². The highest BCUT2D eigenvalue weighted by atomic mass is 16.5. The van der Waals surface area contributed by atoms with Crippen molar-refractivity contribution in [3.63, 3.8) is 0 Å². The molecule has 1 heterocycles. The smallest absolute Gasteiger partial charge is 0.319 e. The van der Waals surface area contributed by atoms with E-state index in [1.54, 1.807) is 11.7 Å². The van der Waals surface area contributed by atoms with Gasteiger partial charge in [0.05, 0.1) is 6.61 Å². The Balaban J connectivity index is 2.36. The van der Waals surface area contributed by atoms with Crippen molar-refractivity contribution < 1.29 is 9.53 Å². The second-order valence-corrected chi connectivity index (χ2v) is 4.49. The number of nitrogens with zero attached hydrogens (tertiary/aromatic N) is 4. The van der Waals surface area contributed by atoms with Crippen LogP contribution in [0.3, 0.4) is 0 Å². The van der Waals surface area contributed by atoms with Crippen LogP contribution in [0, 0.1) is 0 Å². The molecule has 1 aliphatic rings. The second kappa shape index (κ2) is 4.81. The van der Waals surface area contributed by atoms with Crippen molar-refractivity contribution in [2.24, 2.45) is 7.05 Å². The number of rotatable bonds is 3. The van der Waals surface area contributed by atoms with Crippen molar-refractivity contribution in [3.05, 3.63) is 5.82 Å². The van der Waals surface area contributed by atoms with Gasteiger partial charge < -0.3 is 4.74 Å². The maximum Gasteiger partial charge on any atom is 0.319 e. The molecule has 0 radical (unpaired) electrons. The maximum absolute atomic E-state index is 12.2. The Bertz CT molecular complexity index is 396. The van der Waals surface area contributed by atoms with Gasteiger partial charge in [-0.15, -0.1) is 5.10 Å². The van der Waals surface area contributed by atoms with Gasteiger partial charge in [0, 0.05) is 7.05 Å². The van der Waals surface area contributed by atoms with E-state index in [1.165, 1.54) is 0 Å². The SMILES string of the molecule is CCOC(=O)C1(c2nnnn2C)CCCCC1. The topological polar surface area (TPSA) is 69.9 Å². The Morgan fingerprint density at radius 1 is 1.41 bits per heavy atom. The average Bonchev–Trinajstić information content (AvgIpc) is 2.77. The highest BCUT2D eigenvalue weighted by Crippen LogP contribution is 2.39. The van der Waals surface area contributed by atoms with Gasteiger partial charge in [0.15, 0.2) is 5.82 Å². The lowest BCUT2D eigenvalue weighted by molar-refractivity contribution is -0.152. The van der Waals surface area contributed by atoms with Crippen LogP contribution in [0.5, 0.6) is 0 Å². The van der Waals surface area contributed by atoms with Crippen LogP contribution in [0.15, 0.2) is 0 Å². The Hall–Kier alpha value is -1.46. The molecule has 0 unspecified atom stereocenters. The van der Waals surface area contributed by atoms with Crippen molar-refractivity contribution in [3.8, 4) is 0 Å². The Labute approximate surface area is 100 Å². The Kier molecular flexibility index (Phi) is 3.40. The number of ether oxygens (including phenoxy) is 1. The number of hydrogen-bond donors (Lipinski definition) is 0. The summed E-state index contributed by atoms with van der Waals surface area (Å²) in [6, 6.07) is 0. The molecule has 1 aromatic rings. The van der Waals surface area contributed by atoms with E-state index in [-0.39, 0.29) is 5.97 Å². The predicted octanol–water partition coefficient (Wildman–Crippen LogP) is 0.975. The molecule has 1 saturated carbocycles. The van der Waals surface area contributed by atoms with E-state index in [4.69, 9.17) is 4.74 Å². The van der Waals surface area contributed by atoms with E-state index in [1.807, 2.05) is 6.92 Å². The molecule has 6 heteroatoms. The summed E-state index contributed by atoms with van der Waals surface area (Å²) in [5.41, 5.74) is -0.632. The van der Waals surface area contributed by atoms with E-state index < -0.39 is 5.41 Å². The van der Waals surface area contributed by atoms with E-state index in [2.05, 4.69) is 15.5 Å². The highest BCUT2D eigenvalue weighted by Gasteiger charge is 2.46. The lowest BCUT2D eigenvalue weighted by Crippen LogP contribution is -2.41. The van der Waals surface area contributed by atoms with Gasteiger partial charge in [0.1, 0.15) is 5.41 Å². The molecule has 0 amide bonds. The van der Waals surface area contributed by atoms with Gasteiger partial charge in [-0.05, 0) is 30.2 Å².